The Morgan fingerprint density at radius 2 is 2.15 bits per heavy atom. The van der Waals surface area contributed by atoms with E-state index in [-0.39, 0.29) is 11.4 Å². The van der Waals surface area contributed by atoms with E-state index in [1.54, 1.807) is 12.1 Å². The van der Waals surface area contributed by atoms with E-state index in [2.05, 4.69) is 22.7 Å². The Bertz CT molecular complexity index is 462. The molecule has 6 nitrogen and oxygen atoms in total. The number of hydrazine groups is 1. The molecule has 0 aliphatic carbocycles. The zero-order valence-corrected chi connectivity index (χ0v) is 12.0. The molecule has 6 heteroatoms. The van der Waals surface area contributed by atoms with Crippen molar-refractivity contribution in [1.29, 1.82) is 0 Å². The lowest BCUT2D eigenvalue weighted by atomic mass is 9.92. The van der Waals surface area contributed by atoms with E-state index in [0.29, 0.717) is 24.6 Å². The monoisotopic (exact) mass is 278 g/mol. The molecule has 1 amide bonds. The van der Waals surface area contributed by atoms with E-state index in [9.17, 15) is 4.79 Å². The van der Waals surface area contributed by atoms with Crippen LogP contribution < -0.4 is 16.6 Å². The average Bonchev–Trinajstić information content (AvgIpc) is 2.46. The number of carbonyl (C=O) groups excluding carboxylic acids is 1. The molecule has 0 saturated carbocycles. The Kier molecular flexibility index (Phi) is 4.57. The zero-order valence-electron chi connectivity index (χ0n) is 12.0. The van der Waals surface area contributed by atoms with Crippen molar-refractivity contribution in [2.45, 2.75) is 38.6 Å². The Labute approximate surface area is 119 Å². The van der Waals surface area contributed by atoms with Crippen molar-refractivity contribution in [1.82, 2.24) is 10.3 Å². The number of pyridine rings is 1. The number of ether oxygens (including phenoxy) is 1. The van der Waals surface area contributed by atoms with Crippen molar-refractivity contribution in [3.05, 3.63) is 23.4 Å². The standard InChI is InChI=1S/C14H22N4O2/c1-3-11-8-10(9-12(16-11)18-15)13(19)17-14(2)4-6-20-7-5-14/h8-9H,3-7,15H2,1-2H3,(H,16,18)(H,17,19). The lowest BCUT2D eigenvalue weighted by molar-refractivity contribution is 0.0423. The highest BCUT2D eigenvalue weighted by Crippen LogP contribution is 2.21. The summed E-state index contributed by atoms with van der Waals surface area (Å²) in [7, 11) is 0. The number of anilines is 1. The molecule has 1 aliphatic rings. The molecule has 1 fully saturated rings. The van der Waals surface area contributed by atoms with Crippen LogP contribution in [0.25, 0.3) is 0 Å². The maximum Gasteiger partial charge on any atom is 0.251 e. The van der Waals surface area contributed by atoms with E-state index in [4.69, 9.17) is 10.6 Å². The largest absolute Gasteiger partial charge is 0.381 e. The van der Waals surface area contributed by atoms with Crippen molar-refractivity contribution < 1.29 is 9.53 Å². The number of nitrogen functional groups attached to an aromatic ring is 1. The number of nitrogens with zero attached hydrogens (tertiary/aromatic N) is 1. The van der Waals surface area contributed by atoms with E-state index >= 15 is 0 Å². The number of nitrogens with one attached hydrogen (secondary N) is 2. The zero-order chi connectivity index (χ0) is 14.6. The van der Waals surface area contributed by atoms with Crippen molar-refractivity contribution >= 4 is 11.7 Å². The highest BCUT2D eigenvalue weighted by molar-refractivity contribution is 5.95. The minimum absolute atomic E-state index is 0.0944. The summed E-state index contributed by atoms with van der Waals surface area (Å²) in [5.74, 6) is 5.80. The molecule has 1 aliphatic heterocycles. The van der Waals surface area contributed by atoms with Crippen molar-refractivity contribution in [2.24, 2.45) is 5.84 Å². The van der Waals surface area contributed by atoms with Gasteiger partial charge in [0.2, 0.25) is 0 Å². The van der Waals surface area contributed by atoms with Crippen molar-refractivity contribution in [3.8, 4) is 0 Å². The van der Waals surface area contributed by atoms with Gasteiger partial charge in [0.15, 0.2) is 0 Å². The topological polar surface area (TPSA) is 89.3 Å². The number of hydrogen-bond acceptors (Lipinski definition) is 5. The maximum absolute atomic E-state index is 12.4. The number of hydrogen-bond donors (Lipinski definition) is 3. The molecule has 0 aromatic carbocycles. The van der Waals surface area contributed by atoms with E-state index in [0.717, 1.165) is 25.0 Å². The normalized spacial score (nSPS) is 17.6. The Morgan fingerprint density at radius 1 is 1.45 bits per heavy atom. The van der Waals surface area contributed by atoms with Gasteiger partial charge >= 0.3 is 0 Å². The smallest absolute Gasteiger partial charge is 0.251 e. The first kappa shape index (κ1) is 14.7. The lowest BCUT2D eigenvalue weighted by Gasteiger charge is -2.34. The van der Waals surface area contributed by atoms with Gasteiger partial charge in [0.1, 0.15) is 5.82 Å². The summed E-state index contributed by atoms with van der Waals surface area (Å²) in [6, 6.07) is 3.47. The summed E-state index contributed by atoms with van der Waals surface area (Å²) >= 11 is 0. The van der Waals surface area contributed by atoms with Crippen LogP contribution in [0.4, 0.5) is 5.82 Å². The first-order valence-corrected chi connectivity index (χ1v) is 6.94. The Balaban J connectivity index is 2.15. The van der Waals surface area contributed by atoms with Gasteiger partial charge in [0.05, 0.1) is 0 Å². The molecule has 1 saturated heterocycles. The number of aryl methyl sites for hydroxylation is 1. The molecule has 0 unspecified atom stereocenters. The summed E-state index contributed by atoms with van der Waals surface area (Å²) in [6.45, 7) is 5.41. The maximum atomic E-state index is 12.4. The molecular formula is C14H22N4O2. The molecular weight excluding hydrogens is 256 g/mol. The van der Waals surface area contributed by atoms with E-state index in [1.807, 2.05) is 6.92 Å². The van der Waals surface area contributed by atoms with Crippen LogP contribution in [0.3, 0.4) is 0 Å². The van der Waals surface area contributed by atoms with Gasteiger partial charge in [-0.1, -0.05) is 6.92 Å². The number of amides is 1. The lowest BCUT2D eigenvalue weighted by Crippen LogP contribution is -2.49. The third kappa shape index (κ3) is 3.46. The highest BCUT2D eigenvalue weighted by Gasteiger charge is 2.29. The quantitative estimate of drug-likeness (QED) is 0.569. The number of carbonyl (C=O) groups is 1. The van der Waals surface area contributed by atoms with Gasteiger partial charge in [-0.2, -0.15) is 0 Å². The van der Waals surface area contributed by atoms with Crippen molar-refractivity contribution in [2.75, 3.05) is 18.6 Å². The number of aromatic nitrogens is 1. The summed E-state index contributed by atoms with van der Waals surface area (Å²) in [4.78, 5) is 16.7. The van der Waals surface area contributed by atoms with E-state index < -0.39 is 0 Å². The minimum Gasteiger partial charge on any atom is -0.381 e. The predicted octanol–water partition coefficient (Wildman–Crippen LogP) is 1.23. The van der Waals surface area contributed by atoms with Crippen LogP contribution >= 0.6 is 0 Å². The summed E-state index contributed by atoms with van der Waals surface area (Å²) in [6.07, 6.45) is 2.40. The van der Waals surface area contributed by atoms with Crippen LogP contribution in [0.15, 0.2) is 12.1 Å². The Morgan fingerprint density at radius 3 is 2.75 bits per heavy atom. The SMILES string of the molecule is CCc1cc(C(=O)NC2(C)CCOCC2)cc(NN)n1. The van der Waals surface area contributed by atoms with Gasteiger partial charge in [0.25, 0.3) is 5.91 Å². The van der Waals surface area contributed by atoms with Gasteiger partial charge in [-0.05, 0) is 38.3 Å². The molecule has 0 atom stereocenters. The second kappa shape index (κ2) is 6.19. The number of nitrogens with two attached hydrogens (primary N) is 1. The summed E-state index contributed by atoms with van der Waals surface area (Å²) < 4.78 is 5.34. The molecule has 0 spiro atoms. The van der Waals surface area contributed by atoms with Gasteiger partial charge in [-0.3, -0.25) is 4.79 Å². The van der Waals surface area contributed by atoms with Crippen molar-refractivity contribution in [3.63, 3.8) is 0 Å². The fraction of sp³-hybridized carbons (Fsp3) is 0.571. The fourth-order valence-corrected chi connectivity index (χ4v) is 2.27. The van der Waals surface area contributed by atoms with Crippen LogP contribution in [-0.4, -0.2) is 29.6 Å². The summed E-state index contributed by atoms with van der Waals surface area (Å²) in [5, 5.41) is 3.10. The fourth-order valence-electron chi connectivity index (χ4n) is 2.27. The highest BCUT2D eigenvalue weighted by atomic mass is 16.5. The van der Waals surface area contributed by atoms with Crippen LogP contribution in [0.2, 0.25) is 0 Å². The molecule has 20 heavy (non-hydrogen) atoms. The van der Waals surface area contributed by atoms with Gasteiger partial charge in [0, 0.05) is 30.0 Å². The molecule has 0 radical (unpaired) electrons. The first-order valence-electron chi connectivity index (χ1n) is 6.94. The first-order chi connectivity index (χ1) is 9.56. The van der Waals surface area contributed by atoms with Crippen LogP contribution in [0.1, 0.15) is 42.7 Å². The van der Waals surface area contributed by atoms with Gasteiger partial charge in [-0.25, -0.2) is 10.8 Å². The predicted molar refractivity (Wildman–Crippen MR) is 77.3 cm³/mol. The molecule has 1 aromatic rings. The van der Waals surface area contributed by atoms with Crippen LogP contribution in [-0.2, 0) is 11.2 Å². The van der Waals surface area contributed by atoms with Gasteiger partial charge < -0.3 is 15.5 Å². The minimum atomic E-state index is -0.207. The molecule has 1 aromatic heterocycles. The second-order valence-corrected chi connectivity index (χ2v) is 5.36. The third-order valence-electron chi connectivity index (χ3n) is 3.66. The van der Waals surface area contributed by atoms with E-state index in [1.165, 1.54) is 0 Å². The second-order valence-electron chi connectivity index (χ2n) is 5.36. The molecule has 2 rings (SSSR count). The summed E-state index contributed by atoms with van der Waals surface area (Å²) in [5.41, 5.74) is 3.71. The Hall–Kier alpha value is -1.66. The molecule has 0 bridgehead atoms. The van der Waals surface area contributed by atoms with Crippen LogP contribution in [0.5, 0.6) is 0 Å². The number of rotatable bonds is 4. The average molecular weight is 278 g/mol. The molecule has 110 valence electrons. The van der Waals surface area contributed by atoms with Crippen LogP contribution in [0, 0.1) is 0 Å². The molecule has 4 N–H and O–H groups in total. The third-order valence-corrected chi connectivity index (χ3v) is 3.66. The molecule has 2 heterocycles. The van der Waals surface area contributed by atoms with Gasteiger partial charge in [-0.15, -0.1) is 0 Å².